The molecule has 0 unspecified atom stereocenters. The molecule has 1 aliphatic heterocycles. The monoisotopic (exact) mass is 448 g/mol. The molecule has 0 aromatic heterocycles. The van der Waals surface area contributed by atoms with Crippen LogP contribution in [-0.4, -0.2) is 13.2 Å². The van der Waals surface area contributed by atoms with Gasteiger partial charge in [0.2, 0.25) is 0 Å². The third-order valence-corrected chi connectivity index (χ3v) is 9.13. The summed E-state index contributed by atoms with van der Waals surface area (Å²) in [6, 6.07) is 40.1. The average molecular weight is 449 g/mol. The van der Waals surface area contributed by atoms with Gasteiger partial charge in [0.1, 0.15) is 0 Å². The predicted molar refractivity (Wildman–Crippen MR) is 138 cm³/mol. The lowest BCUT2D eigenvalue weighted by molar-refractivity contribution is 0.215. The number of rotatable bonds is 5. The Labute approximate surface area is 195 Å². The summed E-state index contributed by atoms with van der Waals surface area (Å²) in [5.74, 6) is 0. The van der Waals surface area contributed by atoms with Crippen LogP contribution in [0, 0.1) is 0 Å². The first-order valence-corrected chi connectivity index (χ1v) is 12.8. The van der Waals surface area contributed by atoms with Gasteiger partial charge < -0.3 is 9.30 Å². The Hall–Kier alpha value is -3.45. The maximum atomic E-state index is 15.4. The molecule has 0 radical (unpaired) electrons. The molecule has 0 spiro atoms. The lowest BCUT2D eigenvalue weighted by Gasteiger charge is -2.25. The molecule has 162 valence electrons. The summed E-state index contributed by atoms with van der Waals surface area (Å²) in [5, 5.41) is 2.52. The van der Waals surface area contributed by atoms with Gasteiger partial charge in [-0.05, 0) is 28.3 Å². The number of benzene rings is 4. The molecule has 0 bridgehead atoms. The first kappa shape index (κ1) is 21.4. The molecule has 0 amide bonds. The maximum absolute atomic E-state index is 15.4. The van der Waals surface area contributed by atoms with Crippen molar-refractivity contribution >= 4 is 29.1 Å². The van der Waals surface area contributed by atoms with Gasteiger partial charge in [-0.25, -0.2) is 0 Å². The van der Waals surface area contributed by atoms with Gasteiger partial charge in [-0.15, -0.1) is 0 Å². The second-order valence-corrected chi connectivity index (χ2v) is 10.7. The lowest BCUT2D eigenvalue weighted by atomic mass is 10.0. The van der Waals surface area contributed by atoms with Gasteiger partial charge >= 0.3 is 0 Å². The molecule has 0 aliphatic carbocycles. The van der Waals surface area contributed by atoms with Crippen molar-refractivity contribution in [1.29, 1.82) is 0 Å². The summed E-state index contributed by atoms with van der Waals surface area (Å²) in [6.07, 6.45) is 2.16. The highest BCUT2D eigenvalue weighted by Gasteiger charge is 2.37. The molecular weight excluding hydrogens is 423 g/mol. The third-order valence-electron chi connectivity index (χ3n) is 5.92. The lowest BCUT2D eigenvalue weighted by Crippen LogP contribution is -2.18. The molecular formula is C30H25O2P. The Kier molecular flexibility index (Phi) is 6.21. The van der Waals surface area contributed by atoms with Crippen LogP contribution >= 0.6 is 7.14 Å². The fourth-order valence-electron chi connectivity index (χ4n) is 4.37. The van der Waals surface area contributed by atoms with Gasteiger partial charge in [0.15, 0.2) is 7.14 Å². The van der Waals surface area contributed by atoms with E-state index in [2.05, 4.69) is 30.3 Å². The molecule has 0 atom stereocenters. The van der Waals surface area contributed by atoms with Crippen LogP contribution in [0.3, 0.4) is 0 Å². The zero-order valence-corrected chi connectivity index (χ0v) is 19.2. The maximum Gasteiger partial charge on any atom is 0.171 e. The van der Waals surface area contributed by atoms with Crippen LogP contribution < -0.4 is 10.6 Å². The largest absolute Gasteiger partial charge is 0.372 e. The average Bonchev–Trinajstić information content (AvgIpc) is 3.33. The fraction of sp³-hybridized carbons (Fsp3) is 0.0667. The van der Waals surface area contributed by atoms with E-state index < -0.39 is 7.14 Å². The highest BCUT2D eigenvalue weighted by atomic mass is 31.2. The number of ether oxygens (including phenoxy) is 1. The summed E-state index contributed by atoms with van der Waals surface area (Å²) < 4.78 is 21.3. The topological polar surface area (TPSA) is 26.3 Å². The second-order valence-electron chi connectivity index (χ2n) is 8.05. The van der Waals surface area contributed by atoms with E-state index >= 15 is 4.57 Å². The first-order valence-electron chi connectivity index (χ1n) is 11.1. The molecule has 33 heavy (non-hydrogen) atoms. The van der Waals surface area contributed by atoms with E-state index in [4.69, 9.17) is 4.74 Å². The predicted octanol–water partition coefficient (Wildman–Crippen LogP) is 6.53. The Morgan fingerprint density at radius 1 is 0.636 bits per heavy atom. The van der Waals surface area contributed by atoms with Crippen molar-refractivity contribution in [2.75, 3.05) is 13.2 Å². The Bertz CT molecular complexity index is 1280. The minimum atomic E-state index is -3.19. The summed E-state index contributed by atoms with van der Waals surface area (Å²) in [6.45, 7) is 0.941. The van der Waals surface area contributed by atoms with E-state index in [9.17, 15) is 0 Å². The smallest absolute Gasteiger partial charge is 0.171 e. The molecule has 5 rings (SSSR count). The second kappa shape index (κ2) is 9.58. The molecule has 1 saturated heterocycles. The van der Waals surface area contributed by atoms with Crippen molar-refractivity contribution < 1.29 is 9.30 Å². The highest BCUT2D eigenvalue weighted by Crippen LogP contribution is 2.59. The van der Waals surface area contributed by atoms with Gasteiger partial charge in [-0.2, -0.15) is 0 Å². The molecule has 4 aromatic carbocycles. The van der Waals surface area contributed by atoms with Crippen LogP contribution in [0.2, 0.25) is 0 Å². The van der Waals surface area contributed by atoms with Gasteiger partial charge in [0.25, 0.3) is 0 Å². The minimum absolute atomic E-state index is 0.437. The summed E-state index contributed by atoms with van der Waals surface area (Å²) in [5.41, 5.74) is 4.17. The first-order chi connectivity index (χ1) is 16.3. The standard InChI is InChI=1S/C30H25O2P/c31-33(27-17-9-3-10-18-27,28-19-11-4-12-20-28)30(25-15-7-2-8-16-25)29-23-32-22-26(29)21-24-13-5-1-6-14-24/h1-21H,22-23H2/b26-21-,30-29+. The van der Waals surface area contributed by atoms with Crippen molar-refractivity contribution in [3.63, 3.8) is 0 Å². The van der Waals surface area contributed by atoms with Crippen LogP contribution in [0.4, 0.5) is 0 Å². The van der Waals surface area contributed by atoms with Crippen LogP contribution in [0.5, 0.6) is 0 Å². The Balaban J connectivity index is 1.83. The van der Waals surface area contributed by atoms with Crippen LogP contribution in [0.1, 0.15) is 11.1 Å². The van der Waals surface area contributed by atoms with E-state index in [1.165, 1.54) is 0 Å². The Morgan fingerprint density at radius 2 is 1.12 bits per heavy atom. The van der Waals surface area contributed by atoms with Gasteiger partial charge in [0.05, 0.1) is 13.2 Å². The molecule has 1 heterocycles. The van der Waals surface area contributed by atoms with Gasteiger partial charge in [-0.3, -0.25) is 0 Å². The quantitative estimate of drug-likeness (QED) is 0.325. The fourth-order valence-corrected chi connectivity index (χ4v) is 7.47. The van der Waals surface area contributed by atoms with E-state index in [1.54, 1.807) is 0 Å². The molecule has 1 fully saturated rings. The molecule has 0 N–H and O–H groups in total. The van der Waals surface area contributed by atoms with Crippen molar-refractivity contribution in [1.82, 2.24) is 0 Å². The third kappa shape index (κ3) is 4.28. The normalized spacial score (nSPS) is 16.7. The van der Waals surface area contributed by atoms with E-state index in [0.717, 1.165) is 38.2 Å². The number of hydrogen-bond acceptors (Lipinski definition) is 2. The van der Waals surface area contributed by atoms with E-state index in [1.807, 2.05) is 97.1 Å². The van der Waals surface area contributed by atoms with Crippen molar-refractivity contribution in [3.05, 3.63) is 144 Å². The summed E-state index contributed by atoms with van der Waals surface area (Å²) in [4.78, 5) is 0. The van der Waals surface area contributed by atoms with E-state index in [0.29, 0.717) is 13.2 Å². The Morgan fingerprint density at radius 3 is 1.67 bits per heavy atom. The van der Waals surface area contributed by atoms with Crippen molar-refractivity contribution in [3.8, 4) is 0 Å². The zero-order chi connectivity index (χ0) is 22.5. The molecule has 3 heteroatoms. The molecule has 2 nitrogen and oxygen atoms in total. The van der Waals surface area contributed by atoms with Gasteiger partial charge in [-0.1, -0.05) is 121 Å². The number of hydrogen-bond donors (Lipinski definition) is 0. The summed E-state index contributed by atoms with van der Waals surface area (Å²) >= 11 is 0. The van der Waals surface area contributed by atoms with Crippen LogP contribution in [0.25, 0.3) is 11.4 Å². The van der Waals surface area contributed by atoms with Crippen molar-refractivity contribution in [2.24, 2.45) is 0 Å². The zero-order valence-electron chi connectivity index (χ0n) is 18.3. The molecule has 0 saturated carbocycles. The molecule has 1 aliphatic rings. The molecule has 4 aromatic rings. The van der Waals surface area contributed by atoms with Crippen molar-refractivity contribution in [2.45, 2.75) is 0 Å². The SMILES string of the molecule is O=P(/C(=C1\COC\C1=C\c1ccccc1)c1ccccc1)(c1ccccc1)c1ccccc1. The van der Waals surface area contributed by atoms with Crippen LogP contribution in [0.15, 0.2) is 132 Å². The summed E-state index contributed by atoms with van der Waals surface area (Å²) in [7, 11) is -3.19. The van der Waals surface area contributed by atoms with Crippen LogP contribution in [-0.2, 0) is 9.30 Å². The van der Waals surface area contributed by atoms with E-state index in [-0.39, 0.29) is 0 Å². The minimum Gasteiger partial charge on any atom is -0.372 e. The highest BCUT2D eigenvalue weighted by molar-refractivity contribution is 7.87. The van der Waals surface area contributed by atoms with Gasteiger partial charge in [0, 0.05) is 15.9 Å².